The van der Waals surface area contributed by atoms with Crippen LogP contribution in [0.5, 0.6) is 11.5 Å². The van der Waals surface area contributed by atoms with Crippen molar-refractivity contribution >= 4 is 22.6 Å². The molecule has 1 N–H and O–H groups in total. The van der Waals surface area contributed by atoms with Crippen LogP contribution in [0.3, 0.4) is 0 Å². The van der Waals surface area contributed by atoms with E-state index in [-0.39, 0.29) is 5.82 Å². The van der Waals surface area contributed by atoms with E-state index in [0.717, 1.165) is 5.56 Å². The van der Waals surface area contributed by atoms with Gasteiger partial charge in [-0.15, -0.1) is 11.3 Å². The summed E-state index contributed by atoms with van der Waals surface area (Å²) < 4.78 is 23.6. The molecule has 0 aliphatic heterocycles. The number of halogens is 1. The molecule has 7 heteroatoms. The molecule has 0 spiro atoms. The molecular formula is C20H16FN3O2S. The maximum atomic E-state index is 13.1. The molecule has 27 heavy (non-hydrogen) atoms. The van der Waals surface area contributed by atoms with E-state index in [1.54, 1.807) is 50.8 Å². The number of rotatable bonds is 6. The van der Waals surface area contributed by atoms with Crippen LogP contribution in [0.25, 0.3) is 16.8 Å². The van der Waals surface area contributed by atoms with Crippen molar-refractivity contribution in [2.24, 2.45) is 0 Å². The lowest BCUT2D eigenvalue weighted by Crippen LogP contribution is -1.96. The number of benzene rings is 2. The topological polar surface area (TPSA) is 67.2 Å². The highest BCUT2D eigenvalue weighted by atomic mass is 32.1. The van der Waals surface area contributed by atoms with Crippen molar-refractivity contribution in [1.82, 2.24) is 4.98 Å². The lowest BCUT2D eigenvalue weighted by Gasteiger charge is -2.10. The summed E-state index contributed by atoms with van der Waals surface area (Å²) in [6.45, 7) is 0. The lowest BCUT2D eigenvalue weighted by atomic mass is 10.2. The minimum Gasteiger partial charge on any atom is -0.497 e. The van der Waals surface area contributed by atoms with Gasteiger partial charge in [-0.05, 0) is 36.4 Å². The van der Waals surface area contributed by atoms with Crippen molar-refractivity contribution in [2.45, 2.75) is 0 Å². The van der Waals surface area contributed by atoms with E-state index in [2.05, 4.69) is 16.4 Å². The fraction of sp³-hybridized carbons (Fsp3) is 0.100. The van der Waals surface area contributed by atoms with Crippen LogP contribution in [-0.4, -0.2) is 19.2 Å². The number of thiazole rings is 1. The first-order valence-corrected chi connectivity index (χ1v) is 8.83. The summed E-state index contributed by atoms with van der Waals surface area (Å²) in [7, 11) is 3.15. The largest absolute Gasteiger partial charge is 0.497 e. The molecule has 3 rings (SSSR count). The average molecular weight is 381 g/mol. The summed E-state index contributed by atoms with van der Waals surface area (Å²) in [6.07, 6.45) is 1.57. The molecule has 0 amide bonds. The smallest absolute Gasteiger partial charge is 0.142 e. The molecule has 5 nitrogen and oxygen atoms in total. The predicted molar refractivity (Wildman–Crippen MR) is 104 cm³/mol. The second-order valence-corrected chi connectivity index (χ2v) is 6.28. The van der Waals surface area contributed by atoms with Gasteiger partial charge in [0.15, 0.2) is 0 Å². The number of hydrogen-bond acceptors (Lipinski definition) is 6. The third-order valence-corrected chi connectivity index (χ3v) is 4.65. The van der Waals surface area contributed by atoms with Crippen molar-refractivity contribution in [1.29, 1.82) is 5.26 Å². The summed E-state index contributed by atoms with van der Waals surface area (Å²) in [5.74, 6) is 0.983. The van der Waals surface area contributed by atoms with E-state index in [9.17, 15) is 9.65 Å². The number of allylic oxidation sites excluding steroid dienone is 1. The highest BCUT2D eigenvalue weighted by Gasteiger charge is 2.10. The average Bonchev–Trinajstić information content (AvgIpc) is 3.18. The number of hydrogen-bond donors (Lipinski definition) is 1. The zero-order valence-corrected chi connectivity index (χ0v) is 15.5. The van der Waals surface area contributed by atoms with Crippen molar-refractivity contribution in [3.8, 4) is 28.8 Å². The van der Waals surface area contributed by atoms with Crippen LogP contribution in [-0.2, 0) is 0 Å². The van der Waals surface area contributed by atoms with Gasteiger partial charge in [-0.2, -0.15) is 5.26 Å². The van der Waals surface area contributed by atoms with E-state index in [0.29, 0.717) is 33.5 Å². The van der Waals surface area contributed by atoms with E-state index in [4.69, 9.17) is 9.47 Å². The molecule has 2 aromatic carbocycles. The second-order valence-electron chi connectivity index (χ2n) is 5.43. The molecule has 1 heterocycles. The van der Waals surface area contributed by atoms with Crippen molar-refractivity contribution in [2.75, 3.05) is 19.5 Å². The Morgan fingerprint density at radius 2 is 1.96 bits per heavy atom. The lowest BCUT2D eigenvalue weighted by molar-refractivity contribution is 0.405. The van der Waals surface area contributed by atoms with Crippen LogP contribution < -0.4 is 14.8 Å². The Labute approximate surface area is 160 Å². The monoisotopic (exact) mass is 381 g/mol. The van der Waals surface area contributed by atoms with Crippen LogP contribution in [0.4, 0.5) is 10.1 Å². The van der Waals surface area contributed by atoms with Crippen LogP contribution in [0, 0.1) is 17.1 Å². The van der Waals surface area contributed by atoms with Crippen LogP contribution in [0.15, 0.2) is 54.0 Å². The number of nitrogens with one attached hydrogen (secondary N) is 1. The maximum Gasteiger partial charge on any atom is 0.142 e. The Balaban J connectivity index is 1.86. The van der Waals surface area contributed by atoms with Crippen LogP contribution in [0.2, 0.25) is 0 Å². The fourth-order valence-corrected chi connectivity index (χ4v) is 3.16. The number of nitriles is 1. The van der Waals surface area contributed by atoms with E-state index in [1.807, 2.05) is 5.38 Å². The standard InChI is InChI=1S/C20H16FN3O2S/c1-25-16-7-8-19(26-2)17(9-16)23-11-14(10-22)20-24-18(12-27-20)13-3-5-15(21)6-4-13/h3-9,11-12,23H,1-2H3/b14-11+. The van der Waals surface area contributed by atoms with Gasteiger partial charge >= 0.3 is 0 Å². The Morgan fingerprint density at radius 3 is 2.63 bits per heavy atom. The number of aromatic nitrogens is 1. The predicted octanol–water partition coefficient (Wildman–Crippen LogP) is 4.94. The van der Waals surface area contributed by atoms with Gasteiger partial charge in [0, 0.05) is 23.2 Å². The van der Waals surface area contributed by atoms with Gasteiger partial charge < -0.3 is 14.8 Å². The molecule has 3 aromatic rings. The minimum atomic E-state index is -0.303. The molecule has 0 fully saturated rings. The molecule has 0 aliphatic rings. The molecule has 1 aromatic heterocycles. The van der Waals surface area contributed by atoms with Gasteiger partial charge in [-0.1, -0.05) is 0 Å². The molecule has 0 saturated carbocycles. The van der Waals surface area contributed by atoms with E-state index >= 15 is 0 Å². The summed E-state index contributed by atoms with van der Waals surface area (Å²) in [5.41, 5.74) is 2.52. The summed E-state index contributed by atoms with van der Waals surface area (Å²) >= 11 is 1.34. The Bertz CT molecular complexity index is 1010. The highest BCUT2D eigenvalue weighted by molar-refractivity contribution is 7.11. The summed E-state index contributed by atoms with van der Waals surface area (Å²) in [6, 6.07) is 13.6. The van der Waals surface area contributed by atoms with Gasteiger partial charge in [0.25, 0.3) is 0 Å². The van der Waals surface area contributed by atoms with Crippen LogP contribution in [0.1, 0.15) is 5.01 Å². The molecule has 0 aliphatic carbocycles. The Kier molecular flexibility index (Phi) is 5.69. The Hall–Kier alpha value is -3.37. The Morgan fingerprint density at radius 1 is 1.19 bits per heavy atom. The molecule has 0 atom stereocenters. The van der Waals surface area contributed by atoms with Gasteiger partial charge in [0.1, 0.15) is 34.0 Å². The number of anilines is 1. The quantitative estimate of drug-likeness (QED) is 0.613. The fourth-order valence-electron chi connectivity index (χ4n) is 2.37. The first kappa shape index (κ1) is 18.4. The van der Waals surface area contributed by atoms with Gasteiger partial charge in [-0.25, -0.2) is 9.37 Å². The van der Waals surface area contributed by atoms with Crippen molar-refractivity contribution in [3.63, 3.8) is 0 Å². The zero-order chi connectivity index (χ0) is 19.2. The van der Waals surface area contributed by atoms with E-state index < -0.39 is 0 Å². The molecule has 136 valence electrons. The molecule has 0 unspecified atom stereocenters. The number of methoxy groups -OCH3 is 2. The third-order valence-electron chi connectivity index (χ3n) is 3.77. The number of nitrogens with zero attached hydrogens (tertiary/aromatic N) is 2. The highest BCUT2D eigenvalue weighted by Crippen LogP contribution is 2.30. The SMILES string of the molecule is COc1ccc(OC)c(N/C=C(\C#N)c2nc(-c3ccc(F)cc3)cs2)c1. The molecule has 0 radical (unpaired) electrons. The van der Waals surface area contributed by atoms with Crippen LogP contribution >= 0.6 is 11.3 Å². The second kappa shape index (κ2) is 8.34. The maximum absolute atomic E-state index is 13.1. The molecular weight excluding hydrogens is 365 g/mol. The van der Waals surface area contributed by atoms with Gasteiger partial charge in [0.05, 0.1) is 25.6 Å². The molecule has 0 bridgehead atoms. The van der Waals surface area contributed by atoms with Gasteiger partial charge in [0.2, 0.25) is 0 Å². The van der Waals surface area contributed by atoms with Gasteiger partial charge in [-0.3, -0.25) is 0 Å². The third kappa shape index (κ3) is 4.25. The number of ether oxygens (including phenoxy) is 2. The van der Waals surface area contributed by atoms with Crippen molar-refractivity contribution < 1.29 is 13.9 Å². The minimum absolute atomic E-state index is 0.303. The first-order valence-electron chi connectivity index (χ1n) is 7.95. The van der Waals surface area contributed by atoms with Crippen molar-refractivity contribution in [3.05, 3.63) is 64.9 Å². The summed E-state index contributed by atoms with van der Waals surface area (Å²) in [4.78, 5) is 4.48. The summed E-state index contributed by atoms with van der Waals surface area (Å²) in [5, 5.41) is 15.0. The normalized spacial score (nSPS) is 11.0. The van der Waals surface area contributed by atoms with E-state index in [1.165, 1.54) is 23.5 Å². The first-order chi connectivity index (χ1) is 13.1. The molecule has 0 saturated heterocycles. The zero-order valence-electron chi connectivity index (χ0n) is 14.7.